The fourth-order valence-corrected chi connectivity index (χ4v) is 14.1. The van der Waals surface area contributed by atoms with Gasteiger partial charge in [0.15, 0.2) is 23.0 Å². The molecule has 2 aromatic carbocycles. The van der Waals surface area contributed by atoms with Gasteiger partial charge in [-0.3, -0.25) is 19.4 Å². The number of benzene rings is 2. The number of nitrogens with zero attached hydrogens (tertiary/aromatic N) is 4. The Balaban J connectivity index is 1.46. The van der Waals surface area contributed by atoms with E-state index in [0.717, 1.165) is 162 Å². The number of hydroxylamine groups is 8. The molecule has 4 heterocycles. The predicted octanol–water partition coefficient (Wildman–Crippen LogP) is 16.9. The van der Waals surface area contributed by atoms with Gasteiger partial charge in [0.05, 0.1) is 26.4 Å². The minimum atomic E-state index is -0.278. The van der Waals surface area contributed by atoms with Gasteiger partial charge < -0.3 is 18.9 Å². The quantitative estimate of drug-likeness (QED) is 0.0938. The molecule has 6 rings (SSSR count). The third kappa shape index (κ3) is 16.4. The Kier molecular flexibility index (Phi) is 21.9. The molecule has 4 aliphatic heterocycles. The van der Waals surface area contributed by atoms with Crippen LogP contribution in [0.1, 0.15) is 267 Å². The Morgan fingerprint density at radius 2 is 0.513 bits per heavy atom. The molecule has 0 N–H and O–H groups in total. The van der Waals surface area contributed by atoms with E-state index >= 15 is 0 Å². The van der Waals surface area contributed by atoms with Gasteiger partial charge in [-0.25, -0.2) is 0 Å². The zero-order chi connectivity index (χ0) is 57.5. The molecule has 0 radical (unpaired) electrons. The van der Waals surface area contributed by atoms with E-state index in [-0.39, 0.29) is 68.7 Å². The number of fused-ring (bicyclic) bond motifs is 1. The maximum absolute atomic E-state index is 7.44. The monoisotopic (exact) mass is 1090 g/mol. The lowest BCUT2D eigenvalue weighted by Gasteiger charge is -2.45. The first-order valence-corrected chi connectivity index (χ1v) is 31.4. The molecule has 0 amide bonds. The third-order valence-electron chi connectivity index (χ3n) is 17.6. The summed E-state index contributed by atoms with van der Waals surface area (Å²) < 4.78 is 29.8. The van der Waals surface area contributed by atoms with Crippen molar-refractivity contribution >= 4 is 10.8 Å². The number of ether oxygens (including phenoxy) is 4. The van der Waals surface area contributed by atoms with Crippen molar-refractivity contribution in [3.05, 3.63) is 24.3 Å². The molecule has 12 heteroatoms. The lowest BCUT2D eigenvalue weighted by molar-refractivity contribution is -0.265. The fourth-order valence-electron chi connectivity index (χ4n) is 14.1. The summed E-state index contributed by atoms with van der Waals surface area (Å²) in [6.07, 6.45) is 18.7. The fraction of sp³-hybridized carbons (Fsp3) is 0.848. The van der Waals surface area contributed by atoms with Crippen LogP contribution in [-0.4, -0.2) is 115 Å². The maximum atomic E-state index is 7.44. The molecule has 0 aliphatic carbocycles. The Morgan fingerprint density at radius 3 is 0.692 bits per heavy atom. The zero-order valence-electron chi connectivity index (χ0n) is 53.6. The van der Waals surface area contributed by atoms with Gasteiger partial charge in [-0.2, -0.15) is 20.3 Å². The smallest absolute Gasteiger partial charge is 0.162 e. The van der Waals surface area contributed by atoms with Crippen molar-refractivity contribution in [2.24, 2.45) is 0 Å². The molecule has 448 valence electrons. The molecule has 2 aromatic rings. The second kappa shape index (κ2) is 26.4. The number of hydrogen-bond donors (Lipinski definition) is 0. The summed E-state index contributed by atoms with van der Waals surface area (Å²) >= 11 is 0. The SMILES string of the molecule is CCCCON1C(C)(C)CCC(Oc2cc3cc(OC4CCC(C)(C)N(OCCCC)C(C)(C)C4)c(OC4CCC(C)(C)N(OCCCC)C(C)(C)C4)cc3cc2OC2CCC(C)(C)N(OCCCC)C(C)(C)C2)CC1(C)C. The van der Waals surface area contributed by atoms with E-state index < -0.39 is 0 Å². The van der Waals surface area contributed by atoms with E-state index in [1.54, 1.807) is 0 Å². The topological polar surface area (TPSA) is 86.8 Å². The molecule has 0 aromatic heterocycles. The van der Waals surface area contributed by atoms with Crippen molar-refractivity contribution in [2.45, 2.75) is 336 Å². The second-order valence-corrected chi connectivity index (χ2v) is 29.3. The van der Waals surface area contributed by atoms with Crippen LogP contribution in [0.5, 0.6) is 23.0 Å². The van der Waals surface area contributed by atoms with Crippen molar-refractivity contribution in [3.63, 3.8) is 0 Å². The van der Waals surface area contributed by atoms with Crippen LogP contribution in [0, 0.1) is 0 Å². The average Bonchev–Trinajstić information content (AvgIpc) is 3.63. The summed E-state index contributed by atoms with van der Waals surface area (Å²) in [4.78, 5) is 26.6. The van der Waals surface area contributed by atoms with Crippen molar-refractivity contribution in [3.8, 4) is 23.0 Å². The van der Waals surface area contributed by atoms with Gasteiger partial charge in [-0.05, 0) is 223 Å². The molecule has 0 spiro atoms. The van der Waals surface area contributed by atoms with Crippen molar-refractivity contribution in [1.29, 1.82) is 0 Å². The van der Waals surface area contributed by atoms with Gasteiger partial charge in [0.2, 0.25) is 0 Å². The third-order valence-corrected chi connectivity index (χ3v) is 17.6. The van der Waals surface area contributed by atoms with Gasteiger partial charge in [0.1, 0.15) is 24.4 Å². The molecule has 0 saturated carbocycles. The van der Waals surface area contributed by atoms with E-state index in [1.807, 2.05) is 0 Å². The van der Waals surface area contributed by atoms with Crippen molar-refractivity contribution in [1.82, 2.24) is 20.3 Å². The van der Waals surface area contributed by atoms with Crippen LogP contribution < -0.4 is 18.9 Å². The highest BCUT2D eigenvalue weighted by atomic mass is 16.7. The zero-order valence-corrected chi connectivity index (χ0v) is 53.6. The number of unbranched alkanes of at least 4 members (excludes halogenated alkanes) is 4. The highest BCUT2D eigenvalue weighted by Crippen LogP contribution is 2.48. The minimum Gasteiger partial charge on any atom is -0.486 e. The summed E-state index contributed by atoms with van der Waals surface area (Å²) in [5.41, 5.74) is -1.80. The van der Waals surface area contributed by atoms with Crippen LogP contribution in [0.3, 0.4) is 0 Å². The van der Waals surface area contributed by atoms with E-state index in [9.17, 15) is 0 Å². The number of hydrogen-bond acceptors (Lipinski definition) is 12. The van der Waals surface area contributed by atoms with Gasteiger partial charge in [0, 0.05) is 70.0 Å². The molecule has 12 nitrogen and oxygen atoms in total. The van der Waals surface area contributed by atoms with Crippen molar-refractivity contribution in [2.75, 3.05) is 26.4 Å². The van der Waals surface area contributed by atoms with Crippen LogP contribution in [0.4, 0.5) is 0 Å². The largest absolute Gasteiger partial charge is 0.486 e. The average molecular weight is 1090 g/mol. The molecule has 4 saturated heterocycles. The van der Waals surface area contributed by atoms with Crippen LogP contribution in [0.25, 0.3) is 10.8 Å². The molecule has 4 aliphatic rings. The molecular formula is C66H116N4O8. The van der Waals surface area contributed by atoms with Crippen LogP contribution in [0.2, 0.25) is 0 Å². The summed E-state index contributed by atoms with van der Waals surface area (Å²) in [6, 6.07) is 8.94. The predicted molar refractivity (Wildman–Crippen MR) is 320 cm³/mol. The first-order chi connectivity index (χ1) is 36.4. The summed E-state index contributed by atoms with van der Waals surface area (Å²) in [6.45, 7) is 48.8. The normalized spacial score (nSPS) is 27.3. The first kappa shape index (κ1) is 64.7. The van der Waals surface area contributed by atoms with E-state index in [4.69, 9.17) is 38.3 Å². The Hall–Kier alpha value is -2.42. The van der Waals surface area contributed by atoms with Crippen molar-refractivity contribution < 1.29 is 38.3 Å². The highest BCUT2D eigenvalue weighted by Gasteiger charge is 2.49. The molecular weight excluding hydrogens is 977 g/mol. The van der Waals surface area contributed by atoms with Crippen LogP contribution in [-0.2, 0) is 19.4 Å². The summed E-state index contributed by atoms with van der Waals surface area (Å²) in [5, 5.41) is 11.2. The standard InChI is InChI=1S/C66H116N4O8/c1-21-25-37-71-67-59(5,6)33-29-51(45-63(67,13)14)75-55-41-49-43-57(77-53-31-35-61(9,10)69(65(17,18)47-53)73-39-27-23-3)58(78-54-32-36-62(11,12)70(66(19,20)48-54)74-40-28-24-4)44-50(49)42-56(55)76-52-30-34-60(7,8)68(64(15,16)46-52)72-38-26-22-2/h41-44,51-54H,21-40,45-48H2,1-20H3. The lowest BCUT2D eigenvalue weighted by atomic mass is 9.94. The minimum absolute atomic E-state index is 0.0726. The first-order valence-electron chi connectivity index (χ1n) is 31.4. The van der Waals surface area contributed by atoms with Gasteiger partial charge >= 0.3 is 0 Å². The molecule has 0 bridgehead atoms. The summed E-state index contributed by atoms with van der Waals surface area (Å²) in [7, 11) is 0. The maximum Gasteiger partial charge on any atom is 0.162 e. The Bertz CT molecular complexity index is 1890. The lowest BCUT2D eigenvalue weighted by Crippen LogP contribution is -2.54. The molecule has 78 heavy (non-hydrogen) atoms. The van der Waals surface area contributed by atoms with Gasteiger partial charge in [-0.15, -0.1) is 0 Å². The molecule has 4 fully saturated rings. The van der Waals surface area contributed by atoms with E-state index in [1.165, 1.54) is 0 Å². The second-order valence-electron chi connectivity index (χ2n) is 29.3. The van der Waals surface area contributed by atoms with Crippen LogP contribution >= 0.6 is 0 Å². The Labute approximate surface area is 476 Å². The van der Waals surface area contributed by atoms with Crippen LogP contribution in [0.15, 0.2) is 24.3 Å². The Morgan fingerprint density at radius 1 is 0.321 bits per heavy atom. The van der Waals surface area contributed by atoms with Gasteiger partial charge in [0.25, 0.3) is 0 Å². The molecule has 4 atom stereocenters. The number of rotatable bonds is 24. The van der Waals surface area contributed by atoms with E-state index in [2.05, 4.69) is 183 Å². The summed E-state index contributed by atoms with van der Waals surface area (Å²) in [5.74, 6) is 3.08. The van der Waals surface area contributed by atoms with Gasteiger partial charge in [-0.1, -0.05) is 53.4 Å². The molecule has 4 unspecified atom stereocenters. The highest BCUT2D eigenvalue weighted by molar-refractivity contribution is 5.89. The van der Waals surface area contributed by atoms with E-state index in [0.29, 0.717) is 26.4 Å².